The van der Waals surface area contributed by atoms with Gasteiger partial charge in [-0.2, -0.15) is 5.10 Å². The molecule has 1 aliphatic rings. The number of nitrogens with zero attached hydrogens (tertiary/aromatic N) is 6. The largest absolute Gasteiger partial charge is 0.439 e. The highest BCUT2D eigenvalue weighted by molar-refractivity contribution is 6.04. The van der Waals surface area contributed by atoms with E-state index >= 15 is 0 Å². The summed E-state index contributed by atoms with van der Waals surface area (Å²) in [6.07, 6.45) is 8.82. The van der Waals surface area contributed by atoms with Crippen molar-refractivity contribution >= 4 is 22.6 Å². The van der Waals surface area contributed by atoms with Gasteiger partial charge in [0.2, 0.25) is 0 Å². The maximum Gasteiger partial charge on any atom is 0.260 e. The number of anilines is 1. The van der Waals surface area contributed by atoms with Crippen molar-refractivity contribution in [1.82, 2.24) is 29.6 Å². The molecule has 158 valence electrons. The molecule has 9 nitrogen and oxygen atoms in total. The Kier molecular flexibility index (Phi) is 4.95. The van der Waals surface area contributed by atoms with Crippen molar-refractivity contribution in [3.63, 3.8) is 0 Å². The van der Waals surface area contributed by atoms with Crippen LogP contribution in [0, 0.1) is 6.92 Å². The average molecular weight is 417 g/mol. The van der Waals surface area contributed by atoms with E-state index in [1.807, 2.05) is 23.0 Å². The van der Waals surface area contributed by atoms with Crippen molar-refractivity contribution in [2.75, 3.05) is 25.5 Å². The van der Waals surface area contributed by atoms with Crippen LogP contribution in [-0.4, -0.2) is 55.7 Å². The van der Waals surface area contributed by atoms with E-state index in [1.54, 1.807) is 31.6 Å². The fourth-order valence-corrected chi connectivity index (χ4v) is 3.80. The number of hydrogen-bond acceptors (Lipinski definition) is 7. The van der Waals surface area contributed by atoms with Crippen LogP contribution >= 0.6 is 0 Å². The van der Waals surface area contributed by atoms with Crippen LogP contribution in [0.5, 0.6) is 0 Å². The summed E-state index contributed by atoms with van der Waals surface area (Å²) in [5.41, 5.74) is 1.90. The quantitative estimate of drug-likeness (QED) is 0.543. The summed E-state index contributed by atoms with van der Waals surface area (Å²) in [4.78, 5) is 28.1. The van der Waals surface area contributed by atoms with Crippen LogP contribution in [0.3, 0.4) is 0 Å². The first kappa shape index (κ1) is 19.4. The second-order valence-electron chi connectivity index (χ2n) is 7.90. The normalized spacial score (nSPS) is 15.4. The number of aryl methyl sites for hydroxylation is 1. The van der Waals surface area contributed by atoms with Gasteiger partial charge in [0.1, 0.15) is 11.5 Å². The Morgan fingerprint density at radius 1 is 1.16 bits per heavy atom. The third-order valence-electron chi connectivity index (χ3n) is 5.61. The lowest BCUT2D eigenvalue weighted by Gasteiger charge is -2.28. The molecule has 0 unspecified atom stereocenters. The fourth-order valence-electron chi connectivity index (χ4n) is 3.80. The standard InChI is InChI=1S/C22H23N7O2/c1-14-23-12-20(31-14)18-4-3-15-10-24-21(9-19(15)26-18)27-22(30)16-11-25-29(13-16)17-5-7-28(2)8-6-17/h3-4,9-13,17H,5-8H2,1-2H3,(H,24,27,30). The van der Waals surface area contributed by atoms with Crippen molar-refractivity contribution < 1.29 is 9.21 Å². The summed E-state index contributed by atoms with van der Waals surface area (Å²) in [6, 6.07) is 5.86. The molecule has 0 saturated carbocycles. The van der Waals surface area contributed by atoms with Crippen LogP contribution in [0.25, 0.3) is 22.4 Å². The number of piperidine rings is 1. The predicted octanol–water partition coefficient (Wildman–Crippen LogP) is 3.31. The van der Waals surface area contributed by atoms with Crippen LogP contribution in [0.15, 0.2) is 47.4 Å². The summed E-state index contributed by atoms with van der Waals surface area (Å²) in [7, 11) is 2.12. The van der Waals surface area contributed by atoms with E-state index in [0.29, 0.717) is 40.3 Å². The van der Waals surface area contributed by atoms with E-state index in [0.717, 1.165) is 31.3 Å². The number of nitrogens with one attached hydrogen (secondary N) is 1. The summed E-state index contributed by atoms with van der Waals surface area (Å²) in [5, 5.41) is 8.13. The molecule has 0 aromatic carbocycles. The van der Waals surface area contributed by atoms with Crippen LogP contribution in [0.2, 0.25) is 0 Å². The second-order valence-corrected chi connectivity index (χ2v) is 7.90. The maximum atomic E-state index is 12.7. The van der Waals surface area contributed by atoms with Crippen molar-refractivity contribution in [3.8, 4) is 11.5 Å². The Morgan fingerprint density at radius 3 is 2.77 bits per heavy atom. The van der Waals surface area contributed by atoms with E-state index in [9.17, 15) is 4.79 Å². The highest BCUT2D eigenvalue weighted by Crippen LogP contribution is 2.24. The molecule has 1 aliphatic heterocycles. The molecule has 1 N–H and O–H groups in total. The minimum atomic E-state index is -0.243. The molecular weight excluding hydrogens is 394 g/mol. The minimum absolute atomic E-state index is 0.243. The lowest BCUT2D eigenvalue weighted by Crippen LogP contribution is -2.31. The Balaban J connectivity index is 1.33. The van der Waals surface area contributed by atoms with Crippen LogP contribution in [0.1, 0.15) is 35.1 Å². The van der Waals surface area contributed by atoms with E-state index in [4.69, 9.17) is 4.42 Å². The van der Waals surface area contributed by atoms with Gasteiger partial charge in [0, 0.05) is 30.8 Å². The first-order valence-corrected chi connectivity index (χ1v) is 10.3. The van der Waals surface area contributed by atoms with Gasteiger partial charge in [0.05, 0.1) is 29.5 Å². The smallest absolute Gasteiger partial charge is 0.260 e. The maximum absolute atomic E-state index is 12.7. The van der Waals surface area contributed by atoms with Gasteiger partial charge in [-0.3, -0.25) is 9.48 Å². The zero-order valence-electron chi connectivity index (χ0n) is 17.4. The number of oxazole rings is 1. The van der Waals surface area contributed by atoms with Gasteiger partial charge < -0.3 is 14.6 Å². The topological polar surface area (TPSA) is 102 Å². The number of pyridine rings is 2. The van der Waals surface area contributed by atoms with Crippen LogP contribution in [0.4, 0.5) is 5.82 Å². The van der Waals surface area contributed by atoms with Gasteiger partial charge in [0.25, 0.3) is 5.91 Å². The number of rotatable bonds is 4. The van der Waals surface area contributed by atoms with Crippen molar-refractivity contribution in [3.05, 3.63) is 54.4 Å². The summed E-state index contributed by atoms with van der Waals surface area (Å²) in [6.45, 7) is 3.86. The zero-order valence-corrected chi connectivity index (χ0v) is 17.4. The number of hydrogen-bond donors (Lipinski definition) is 1. The van der Waals surface area contributed by atoms with Crippen LogP contribution < -0.4 is 5.32 Å². The van der Waals surface area contributed by atoms with Crippen molar-refractivity contribution in [2.24, 2.45) is 0 Å². The molecule has 4 aromatic heterocycles. The van der Waals surface area contributed by atoms with Crippen molar-refractivity contribution in [1.29, 1.82) is 0 Å². The first-order chi connectivity index (χ1) is 15.0. The average Bonchev–Trinajstić information content (AvgIpc) is 3.43. The molecule has 0 bridgehead atoms. The number of carbonyl (C=O) groups is 1. The Bertz CT molecular complexity index is 1240. The number of amides is 1. The molecule has 0 atom stereocenters. The molecule has 31 heavy (non-hydrogen) atoms. The van der Waals surface area contributed by atoms with Crippen molar-refractivity contribution in [2.45, 2.75) is 25.8 Å². The monoisotopic (exact) mass is 417 g/mol. The Morgan fingerprint density at radius 2 is 2.00 bits per heavy atom. The van der Waals surface area contributed by atoms with E-state index < -0.39 is 0 Å². The van der Waals surface area contributed by atoms with Crippen LogP contribution in [-0.2, 0) is 0 Å². The molecule has 1 amide bonds. The number of carbonyl (C=O) groups excluding carboxylic acids is 1. The predicted molar refractivity (Wildman–Crippen MR) is 116 cm³/mol. The van der Waals surface area contributed by atoms with E-state index in [2.05, 4.69) is 37.3 Å². The third kappa shape index (κ3) is 4.04. The van der Waals surface area contributed by atoms with E-state index in [-0.39, 0.29) is 5.91 Å². The van der Waals surface area contributed by atoms with E-state index in [1.165, 1.54) is 0 Å². The molecule has 0 spiro atoms. The molecule has 0 radical (unpaired) electrons. The molecule has 5 rings (SSSR count). The van der Waals surface area contributed by atoms with Gasteiger partial charge in [0.15, 0.2) is 11.7 Å². The Labute approximate surface area is 179 Å². The summed E-state index contributed by atoms with van der Waals surface area (Å²) in [5.74, 6) is 1.37. The van der Waals surface area contributed by atoms with Gasteiger partial charge in [-0.15, -0.1) is 0 Å². The molecule has 9 heteroatoms. The number of likely N-dealkylation sites (tertiary alicyclic amines) is 1. The summed E-state index contributed by atoms with van der Waals surface area (Å²) < 4.78 is 7.46. The minimum Gasteiger partial charge on any atom is -0.439 e. The molecule has 1 saturated heterocycles. The summed E-state index contributed by atoms with van der Waals surface area (Å²) >= 11 is 0. The third-order valence-corrected chi connectivity index (χ3v) is 5.61. The van der Waals surface area contributed by atoms with Gasteiger partial charge in [-0.05, 0) is 45.1 Å². The fraction of sp³-hybridized carbons (Fsp3) is 0.318. The SMILES string of the molecule is Cc1ncc(-c2ccc3cnc(NC(=O)c4cnn(C5CCN(C)CC5)c4)cc3n2)o1. The molecular formula is C22H23N7O2. The number of fused-ring (bicyclic) bond motifs is 1. The van der Waals surface area contributed by atoms with Gasteiger partial charge >= 0.3 is 0 Å². The Hall–Kier alpha value is -3.59. The zero-order chi connectivity index (χ0) is 21.4. The highest BCUT2D eigenvalue weighted by atomic mass is 16.4. The highest BCUT2D eigenvalue weighted by Gasteiger charge is 2.20. The molecule has 4 aromatic rings. The molecule has 0 aliphatic carbocycles. The van der Waals surface area contributed by atoms with Gasteiger partial charge in [-0.25, -0.2) is 15.0 Å². The second kappa shape index (κ2) is 7.92. The molecule has 1 fully saturated rings. The molecule has 5 heterocycles. The van der Waals surface area contributed by atoms with Gasteiger partial charge in [-0.1, -0.05) is 0 Å². The lowest BCUT2D eigenvalue weighted by atomic mass is 10.1. The number of aromatic nitrogens is 5. The lowest BCUT2D eigenvalue weighted by molar-refractivity contribution is 0.102. The first-order valence-electron chi connectivity index (χ1n) is 10.3.